The van der Waals surface area contributed by atoms with Crippen molar-refractivity contribution in [3.63, 3.8) is 0 Å². The van der Waals surface area contributed by atoms with Gasteiger partial charge in [0.05, 0.1) is 11.7 Å². The SMILES string of the molecule is CC(C)(C)C(=O)N[C@@H](c1ccccn1)[C@H]1CCCN(CCc2ccccc2)C1. The van der Waals surface area contributed by atoms with Gasteiger partial charge in [0.2, 0.25) is 5.91 Å². The Morgan fingerprint density at radius 2 is 1.93 bits per heavy atom. The summed E-state index contributed by atoms with van der Waals surface area (Å²) >= 11 is 0. The summed E-state index contributed by atoms with van der Waals surface area (Å²) in [7, 11) is 0. The first-order chi connectivity index (χ1) is 13.4. The van der Waals surface area contributed by atoms with Crippen molar-refractivity contribution in [3.05, 3.63) is 66.0 Å². The maximum absolute atomic E-state index is 12.7. The smallest absolute Gasteiger partial charge is 0.225 e. The molecule has 1 saturated heterocycles. The van der Waals surface area contributed by atoms with Gasteiger partial charge in [-0.25, -0.2) is 0 Å². The number of hydrogen-bond acceptors (Lipinski definition) is 3. The molecule has 4 heteroatoms. The van der Waals surface area contributed by atoms with E-state index in [0.717, 1.165) is 44.6 Å². The van der Waals surface area contributed by atoms with Gasteiger partial charge in [-0.2, -0.15) is 0 Å². The Morgan fingerprint density at radius 1 is 1.18 bits per heavy atom. The molecule has 28 heavy (non-hydrogen) atoms. The van der Waals surface area contributed by atoms with Crippen LogP contribution in [0.25, 0.3) is 0 Å². The minimum atomic E-state index is -0.408. The lowest BCUT2D eigenvalue weighted by molar-refractivity contribution is -0.130. The number of nitrogens with zero attached hydrogens (tertiary/aromatic N) is 2. The van der Waals surface area contributed by atoms with Crippen LogP contribution in [0.4, 0.5) is 0 Å². The summed E-state index contributed by atoms with van der Waals surface area (Å²) in [6.45, 7) is 9.08. The van der Waals surface area contributed by atoms with Crippen molar-refractivity contribution in [2.75, 3.05) is 19.6 Å². The third kappa shape index (κ3) is 5.65. The number of amides is 1. The van der Waals surface area contributed by atoms with E-state index in [0.29, 0.717) is 5.92 Å². The highest BCUT2D eigenvalue weighted by molar-refractivity contribution is 5.81. The first-order valence-electron chi connectivity index (χ1n) is 10.4. The zero-order valence-corrected chi connectivity index (χ0v) is 17.4. The van der Waals surface area contributed by atoms with Gasteiger partial charge in [0.15, 0.2) is 0 Å². The molecule has 1 aromatic heterocycles. The minimum absolute atomic E-state index is 0.0348. The van der Waals surface area contributed by atoms with Gasteiger partial charge in [0, 0.05) is 24.7 Å². The average molecular weight is 380 g/mol. The van der Waals surface area contributed by atoms with Crippen LogP contribution in [0.2, 0.25) is 0 Å². The van der Waals surface area contributed by atoms with Gasteiger partial charge < -0.3 is 10.2 Å². The average Bonchev–Trinajstić information content (AvgIpc) is 2.71. The van der Waals surface area contributed by atoms with Gasteiger partial charge in [-0.05, 0) is 49.4 Å². The van der Waals surface area contributed by atoms with Crippen LogP contribution in [-0.4, -0.2) is 35.4 Å². The monoisotopic (exact) mass is 379 g/mol. The number of aromatic nitrogens is 1. The van der Waals surface area contributed by atoms with E-state index in [2.05, 4.69) is 45.5 Å². The van der Waals surface area contributed by atoms with Crippen LogP contribution in [0.1, 0.15) is 50.9 Å². The molecule has 1 fully saturated rings. The highest BCUT2D eigenvalue weighted by Gasteiger charge is 2.32. The Labute approximate surface area is 169 Å². The third-order valence-electron chi connectivity index (χ3n) is 5.55. The summed E-state index contributed by atoms with van der Waals surface area (Å²) in [6, 6.07) is 16.6. The summed E-state index contributed by atoms with van der Waals surface area (Å²) in [5.41, 5.74) is 1.94. The van der Waals surface area contributed by atoms with E-state index < -0.39 is 5.41 Å². The number of rotatable bonds is 6. The molecular formula is C24H33N3O. The normalized spacial score (nSPS) is 19.2. The predicted molar refractivity (Wildman–Crippen MR) is 114 cm³/mol. The maximum atomic E-state index is 12.7. The van der Waals surface area contributed by atoms with E-state index in [1.165, 1.54) is 5.56 Å². The van der Waals surface area contributed by atoms with Crippen molar-refractivity contribution in [3.8, 4) is 0 Å². The molecular weight excluding hydrogens is 346 g/mol. The Morgan fingerprint density at radius 3 is 2.61 bits per heavy atom. The predicted octanol–water partition coefficient (Wildman–Crippen LogP) is 4.24. The van der Waals surface area contributed by atoms with Crippen molar-refractivity contribution in [1.82, 2.24) is 15.2 Å². The lowest BCUT2D eigenvalue weighted by Crippen LogP contribution is -2.46. The molecule has 150 valence electrons. The fourth-order valence-electron chi connectivity index (χ4n) is 3.85. The van der Waals surface area contributed by atoms with Gasteiger partial charge in [-0.15, -0.1) is 0 Å². The standard InChI is InChI=1S/C24H33N3O/c1-24(2,3)23(28)26-22(21-13-7-8-15-25-21)20-12-9-16-27(18-20)17-14-19-10-5-4-6-11-19/h4-8,10-11,13,15,20,22H,9,12,14,16-18H2,1-3H3,(H,26,28)/t20-,22+/m0/s1. The van der Waals surface area contributed by atoms with Crippen molar-refractivity contribution in [2.45, 2.75) is 46.1 Å². The van der Waals surface area contributed by atoms with E-state index in [-0.39, 0.29) is 11.9 Å². The van der Waals surface area contributed by atoms with Crippen LogP contribution in [0.15, 0.2) is 54.7 Å². The second-order valence-electron chi connectivity index (χ2n) is 8.89. The molecule has 0 radical (unpaired) electrons. The number of hydrogen-bond donors (Lipinski definition) is 1. The van der Waals surface area contributed by atoms with E-state index in [1.807, 2.05) is 45.2 Å². The molecule has 1 amide bonds. The molecule has 1 N–H and O–H groups in total. The Balaban J connectivity index is 1.69. The topological polar surface area (TPSA) is 45.2 Å². The molecule has 0 bridgehead atoms. The van der Waals surface area contributed by atoms with E-state index >= 15 is 0 Å². The Kier molecular flexibility index (Phi) is 6.84. The number of likely N-dealkylation sites (tertiary alicyclic amines) is 1. The van der Waals surface area contributed by atoms with E-state index in [1.54, 1.807) is 0 Å². The number of carbonyl (C=O) groups is 1. The minimum Gasteiger partial charge on any atom is -0.347 e. The second kappa shape index (κ2) is 9.33. The molecule has 0 unspecified atom stereocenters. The second-order valence-corrected chi connectivity index (χ2v) is 8.89. The van der Waals surface area contributed by atoms with Crippen molar-refractivity contribution < 1.29 is 4.79 Å². The van der Waals surface area contributed by atoms with Gasteiger partial charge in [0.25, 0.3) is 0 Å². The molecule has 2 aromatic rings. The molecule has 2 heterocycles. The molecule has 0 aliphatic carbocycles. The molecule has 0 saturated carbocycles. The van der Waals surface area contributed by atoms with Crippen LogP contribution in [-0.2, 0) is 11.2 Å². The fourth-order valence-corrected chi connectivity index (χ4v) is 3.85. The van der Waals surface area contributed by atoms with Crippen molar-refractivity contribution in [2.24, 2.45) is 11.3 Å². The summed E-state index contributed by atoms with van der Waals surface area (Å²) in [4.78, 5) is 19.8. The lowest BCUT2D eigenvalue weighted by Gasteiger charge is -2.38. The first kappa shape index (κ1) is 20.5. The van der Waals surface area contributed by atoms with Gasteiger partial charge in [-0.3, -0.25) is 9.78 Å². The van der Waals surface area contributed by atoms with Crippen LogP contribution in [0, 0.1) is 11.3 Å². The molecule has 3 rings (SSSR count). The number of benzene rings is 1. The van der Waals surface area contributed by atoms with Crippen LogP contribution in [0.3, 0.4) is 0 Å². The quantitative estimate of drug-likeness (QED) is 0.816. The van der Waals surface area contributed by atoms with Gasteiger partial charge in [0.1, 0.15) is 0 Å². The van der Waals surface area contributed by atoms with Crippen molar-refractivity contribution >= 4 is 5.91 Å². The van der Waals surface area contributed by atoms with Gasteiger partial charge in [-0.1, -0.05) is 57.2 Å². The zero-order valence-electron chi connectivity index (χ0n) is 17.4. The van der Waals surface area contributed by atoms with E-state index in [4.69, 9.17) is 0 Å². The van der Waals surface area contributed by atoms with Crippen LogP contribution < -0.4 is 5.32 Å². The van der Waals surface area contributed by atoms with Crippen LogP contribution >= 0.6 is 0 Å². The molecule has 1 aliphatic rings. The Hall–Kier alpha value is -2.20. The van der Waals surface area contributed by atoms with E-state index in [9.17, 15) is 4.79 Å². The van der Waals surface area contributed by atoms with Crippen molar-refractivity contribution in [1.29, 1.82) is 0 Å². The van der Waals surface area contributed by atoms with Crippen LogP contribution in [0.5, 0.6) is 0 Å². The molecule has 1 aliphatic heterocycles. The maximum Gasteiger partial charge on any atom is 0.225 e. The first-order valence-corrected chi connectivity index (χ1v) is 10.4. The summed E-state index contributed by atoms with van der Waals surface area (Å²) in [6.07, 6.45) is 5.17. The Bertz CT molecular complexity index is 739. The largest absolute Gasteiger partial charge is 0.347 e. The number of pyridine rings is 1. The summed E-state index contributed by atoms with van der Waals surface area (Å²) in [5.74, 6) is 0.468. The molecule has 4 nitrogen and oxygen atoms in total. The van der Waals surface area contributed by atoms with Gasteiger partial charge >= 0.3 is 0 Å². The lowest BCUT2D eigenvalue weighted by atomic mass is 9.86. The number of piperidine rings is 1. The summed E-state index contributed by atoms with van der Waals surface area (Å²) in [5, 5.41) is 3.31. The zero-order chi connectivity index (χ0) is 20.0. The highest BCUT2D eigenvalue weighted by Crippen LogP contribution is 2.30. The fraction of sp³-hybridized carbons (Fsp3) is 0.500. The summed E-state index contributed by atoms with van der Waals surface area (Å²) < 4.78 is 0. The molecule has 1 aromatic carbocycles. The number of nitrogens with one attached hydrogen (secondary N) is 1. The third-order valence-corrected chi connectivity index (χ3v) is 5.55. The highest BCUT2D eigenvalue weighted by atomic mass is 16.2. The number of carbonyl (C=O) groups excluding carboxylic acids is 1. The molecule has 0 spiro atoms. The molecule has 2 atom stereocenters.